The summed E-state index contributed by atoms with van der Waals surface area (Å²) in [6, 6.07) is 2.05. The number of halogens is 1. The van der Waals surface area contributed by atoms with E-state index in [2.05, 4.69) is 22.9 Å². The van der Waals surface area contributed by atoms with Gasteiger partial charge in [0, 0.05) is 5.56 Å². The number of methoxy groups -OCH3 is 2. The van der Waals surface area contributed by atoms with E-state index < -0.39 is 0 Å². The van der Waals surface area contributed by atoms with Crippen LogP contribution in [0.25, 0.3) is 0 Å². The van der Waals surface area contributed by atoms with Gasteiger partial charge in [-0.25, -0.2) is 0 Å². The highest BCUT2D eigenvalue weighted by molar-refractivity contribution is 9.10. The van der Waals surface area contributed by atoms with Crippen molar-refractivity contribution in [2.45, 2.75) is 19.8 Å². The predicted molar refractivity (Wildman–Crippen MR) is 69.4 cm³/mol. The van der Waals surface area contributed by atoms with Gasteiger partial charge in [-0.15, -0.1) is 0 Å². The molecule has 0 aliphatic carbocycles. The topological polar surface area (TPSA) is 44.5 Å². The Kier molecular flexibility index (Phi) is 5.09. The van der Waals surface area contributed by atoms with Gasteiger partial charge >= 0.3 is 0 Å². The summed E-state index contributed by atoms with van der Waals surface area (Å²) in [6.45, 7) is 2.75. The van der Waals surface area contributed by atoms with Gasteiger partial charge in [0.15, 0.2) is 11.5 Å². The summed E-state index contributed by atoms with van der Waals surface area (Å²) in [5.74, 6) is 1.56. The first-order valence-electron chi connectivity index (χ1n) is 5.25. The molecule has 1 rings (SSSR count). The maximum Gasteiger partial charge on any atom is 0.175 e. The lowest BCUT2D eigenvalue weighted by Crippen LogP contribution is -2.04. The number of benzene rings is 1. The fourth-order valence-electron chi connectivity index (χ4n) is 1.76. The normalized spacial score (nSPS) is 10.3. The Morgan fingerprint density at radius 3 is 2.38 bits per heavy atom. The first-order chi connectivity index (χ1) is 7.65. The Hall–Kier alpha value is -0.740. The molecule has 0 heterocycles. The largest absolute Gasteiger partial charge is 0.493 e. The molecule has 4 heteroatoms. The van der Waals surface area contributed by atoms with Crippen molar-refractivity contribution in [2.75, 3.05) is 20.8 Å². The second-order valence-corrected chi connectivity index (χ2v) is 4.47. The Morgan fingerprint density at radius 2 is 1.88 bits per heavy atom. The third-order valence-electron chi connectivity index (χ3n) is 2.56. The van der Waals surface area contributed by atoms with Crippen molar-refractivity contribution in [3.63, 3.8) is 0 Å². The molecule has 0 atom stereocenters. The van der Waals surface area contributed by atoms with Crippen LogP contribution in [0.5, 0.6) is 11.5 Å². The van der Waals surface area contributed by atoms with Crippen LogP contribution in [-0.4, -0.2) is 20.8 Å². The van der Waals surface area contributed by atoms with Crippen LogP contribution < -0.4 is 15.2 Å². The summed E-state index contributed by atoms with van der Waals surface area (Å²) < 4.78 is 11.7. The van der Waals surface area contributed by atoms with Gasteiger partial charge in [-0.2, -0.15) is 0 Å². The lowest BCUT2D eigenvalue weighted by Gasteiger charge is -2.16. The van der Waals surface area contributed by atoms with Crippen LogP contribution in [0, 0.1) is 6.92 Å². The van der Waals surface area contributed by atoms with E-state index >= 15 is 0 Å². The molecule has 1 aromatic carbocycles. The van der Waals surface area contributed by atoms with Crippen molar-refractivity contribution in [2.24, 2.45) is 5.73 Å². The van der Waals surface area contributed by atoms with Gasteiger partial charge in [-0.05, 0) is 53.9 Å². The molecule has 0 aliphatic heterocycles. The van der Waals surface area contributed by atoms with Crippen molar-refractivity contribution >= 4 is 15.9 Å². The van der Waals surface area contributed by atoms with E-state index in [1.54, 1.807) is 14.2 Å². The average Bonchev–Trinajstić information content (AvgIpc) is 2.27. The fraction of sp³-hybridized carbons (Fsp3) is 0.500. The van der Waals surface area contributed by atoms with E-state index in [0.717, 1.165) is 28.8 Å². The van der Waals surface area contributed by atoms with Gasteiger partial charge in [0.05, 0.1) is 18.7 Å². The Bertz CT molecular complexity index is 367. The molecule has 90 valence electrons. The number of hydrogen-bond acceptors (Lipinski definition) is 3. The molecule has 0 radical (unpaired) electrons. The molecule has 1 aromatic rings. The minimum Gasteiger partial charge on any atom is -0.493 e. The molecular formula is C12H18BrNO2. The van der Waals surface area contributed by atoms with Crippen LogP contribution in [0.2, 0.25) is 0 Å². The number of ether oxygens (including phenoxy) is 2. The summed E-state index contributed by atoms with van der Waals surface area (Å²) in [5.41, 5.74) is 7.90. The van der Waals surface area contributed by atoms with Crippen LogP contribution in [0.3, 0.4) is 0 Å². The number of rotatable bonds is 5. The molecule has 0 aromatic heterocycles. The van der Waals surface area contributed by atoms with E-state index in [-0.39, 0.29) is 0 Å². The second kappa shape index (κ2) is 6.11. The molecule has 0 saturated carbocycles. The van der Waals surface area contributed by atoms with E-state index in [0.29, 0.717) is 6.54 Å². The van der Waals surface area contributed by atoms with Crippen LogP contribution in [0.1, 0.15) is 17.5 Å². The Labute approximate surface area is 105 Å². The maximum atomic E-state index is 5.54. The fourth-order valence-corrected chi connectivity index (χ4v) is 2.45. The van der Waals surface area contributed by atoms with E-state index in [1.807, 2.05) is 6.07 Å². The van der Waals surface area contributed by atoms with Gasteiger partial charge in [0.25, 0.3) is 0 Å². The van der Waals surface area contributed by atoms with Crippen molar-refractivity contribution in [3.8, 4) is 11.5 Å². The van der Waals surface area contributed by atoms with E-state index in [9.17, 15) is 0 Å². The molecule has 0 bridgehead atoms. The molecule has 16 heavy (non-hydrogen) atoms. The van der Waals surface area contributed by atoms with Gasteiger partial charge < -0.3 is 15.2 Å². The first-order valence-corrected chi connectivity index (χ1v) is 6.05. The summed E-state index contributed by atoms with van der Waals surface area (Å²) >= 11 is 3.47. The summed E-state index contributed by atoms with van der Waals surface area (Å²) in [5, 5.41) is 0. The molecule has 0 unspecified atom stereocenters. The predicted octanol–water partition coefficient (Wildman–Crippen LogP) is 2.67. The molecule has 0 saturated heterocycles. The number of hydrogen-bond donors (Lipinski definition) is 1. The molecule has 3 nitrogen and oxygen atoms in total. The minimum atomic E-state index is 0.682. The zero-order chi connectivity index (χ0) is 12.1. The van der Waals surface area contributed by atoms with Gasteiger partial charge in [0.2, 0.25) is 0 Å². The molecular weight excluding hydrogens is 270 g/mol. The van der Waals surface area contributed by atoms with Crippen molar-refractivity contribution in [3.05, 3.63) is 21.7 Å². The van der Waals surface area contributed by atoms with Gasteiger partial charge in [0.1, 0.15) is 0 Å². The Morgan fingerprint density at radius 1 is 1.25 bits per heavy atom. The summed E-state index contributed by atoms with van der Waals surface area (Å²) in [6.07, 6.45) is 1.86. The zero-order valence-corrected chi connectivity index (χ0v) is 11.6. The highest BCUT2D eigenvalue weighted by Gasteiger charge is 2.16. The maximum absolute atomic E-state index is 5.54. The van der Waals surface area contributed by atoms with Crippen LogP contribution in [-0.2, 0) is 6.42 Å². The molecule has 0 spiro atoms. The molecule has 0 aliphatic rings. The molecule has 0 amide bonds. The van der Waals surface area contributed by atoms with Crippen LogP contribution in [0.15, 0.2) is 10.5 Å². The molecule has 2 N–H and O–H groups in total. The standard InChI is InChI=1S/C12H18BrNO2/c1-8-7-10(13)12(16-3)11(15-2)9(8)5-4-6-14/h7H,4-6,14H2,1-3H3. The highest BCUT2D eigenvalue weighted by atomic mass is 79.9. The first kappa shape index (κ1) is 13.3. The SMILES string of the molecule is COc1c(Br)cc(C)c(CCCN)c1OC. The monoisotopic (exact) mass is 287 g/mol. The average molecular weight is 288 g/mol. The molecule has 0 fully saturated rings. The lowest BCUT2D eigenvalue weighted by atomic mass is 10.0. The zero-order valence-electron chi connectivity index (χ0n) is 9.97. The van der Waals surface area contributed by atoms with Crippen LogP contribution in [0.4, 0.5) is 0 Å². The minimum absolute atomic E-state index is 0.682. The van der Waals surface area contributed by atoms with Crippen LogP contribution >= 0.6 is 15.9 Å². The van der Waals surface area contributed by atoms with Crippen molar-refractivity contribution < 1.29 is 9.47 Å². The smallest absolute Gasteiger partial charge is 0.175 e. The van der Waals surface area contributed by atoms with Crippen molar-refractivity contribution in [1.82, 2.24) is 0 Å². The van der Waals surface area contributed by atoms with Gasteiger partial charge in [-0.3, -0.25) is 0 Å². The number of aryl methyl sites for hydroxylation is 1. The van der Waals surface area contributed by atoms with E-state index in [4.69, 9.17) is 15.2 Å². The number of nitrogens with two attached hydrogens (primary N) is 1. The third kappa shape index (κ3) is 2.68. The third-order valence-corrected chi connectivity index (χ3v) is 3.14. The van der Waals surface area contributed by atoms with Gasteiger partial charge in [-0.1, -0.05) is 0 Å². The summed E-state index contributed by atoms with van der Waals surface area (Å²) in [7, 11) is 3.31. The summed E-state index contributed by atoms with van der Waals surface area (Å²) in [4.78, 5) is 0. The van der Waals surface area contributed by atoms with Crippen molar-refractivity contribution in [1.29, 1.82) is 0 Å². The highest BCUT2D eigenvalue weighted by Crippen LogP contribution is 2.40. The lowest BCUT2D eigenvalue weighted by molar-refractivity contribution is 0.349. The second-order valence-electron chi connectivity index (χ2n) is 3.61. The van der Waals surface area contributed by atoms with E-state index in [1.165, 1.54) is 11.1 Å². The Balaban J connectivity index is 3.22. The quantitative estimate of drug-likeness (QED) is 0.906.